The molecule has 17 heavy (non-hydrogen) atoms. The Morgan fingerprint density at radius 1 is 1.47 bits per heavy atom. The van der Waals surface area contributed by atoms with Gasteiger partial charge < -0.3 is 39.5 Å². The maximum Gasteiger partial charge on any atom is 1.00 e. The van der Waals surface area contributed by atoms with Crippen LogP contribution in [0.15, 0.2) is 0 Å². The molecule has 1 aliphatic rings. The van der Waals surface area contributed by atoms with E-state index in [1.54, 1.807) is 0 Å². The first-order valence-corrected chi connectivity index (χ1v) is 5.75. The zero-order valence-electron chi connectivity index (χ0n) is 8.96. The van der Waals surface area contributed by atoms with Gasteiger partial charge in [-0.1, -0.05) is 0 Å². The molecule has 1 heterocycles. The molecule has 0 spiro atoms. The molecule has 0 aromatic heterocycles. The normalized spacial score (nSPS) is 40.7. The van der Waals surface area contributed by atoms with Crippen molar-refractivity contribution in [2.24, 2.45) is 0 Å². The quantitative estimate of drug-likeness (QED) is 0.251. The summed E-state index contributed by atoms with van der Waals surface area (Å²) in [6.45, 7) is -1.78. The Hall–Kier alpha value is 1.55. The summed E-state index contributed by atoms with van der Waals surface area (Å²) in [5, 5.41) is 36.7. The van der Waals surface area contributed by atoms with Crippen LogP contribution in [0.5, 0.6) is 0 Å². The monoisotopic (exact) mass is 298 g/mol. The number of phosphoric ester groups is 1. The first-order valence-electron chi connectivity index (χ1n) is 4.25. The van der Waals surface area contributed by atoms with E-state index in [0.717, 1.165) is 0 Å². The summed E-state index contributed by atoms with van der Waals surface area (Å²) in [5.41, 5.74) is 0. The van der Waals surface area contributed by atoms with Gasteiger partial charge in [0.15, 0.2) is 0 Å². The fraction of sp³-hybridized carbons (Fsp3) is 1.00. The van der Waals surface area contributed by atoms with Gasteiger partial charge in [0, 0.05) is 0 Å². The van der Waals surface area contributed by atoms with Gasteiger partial charge in [-0.25, -0.2) is 0 Å². The summed E-state index contributed by atoms with van der Waals surface area (Å²) in [5.74, 6) is -2.38. The fourth-order valence-corrected chi connectivity index (χ4v) is 1.64. The van der Waals surface area contributed by atoms with Gasteiger partial charge in [0.1, 0.15) is 18.3 Å². The van der Waals surface area contributed by atoms with Crippen molar-refractivity contribution >= 4 is 7.82 Å². The molecule has 1 saturated heterocycles. The predicted octanol–water partition coefficient (Wildman–Crippen LogP) is -6.73. The second-order valence-corrected chi connectivity index (χ2v) is 4.55. The Labute approximate surface area is 139 Å². The minimum absolute atomic E-state index is 0. The van der Waals surface area contributed by atoms with Crippen molar-refractivity contribution in [3.63, 3.8) is 0 Å². The smallest absolute Gasteiger partial charge is 0.756 e. The fourth-order valence-electron chi connectivity index (χ4n) is 1.30. The van der Waals surface area contributed by atoms with Crippen LogP contribution in [0.3, 0.4) is 0 Å². The third-order valence-electron chi connectivity index (χ3n) is 2.15. The van der Waals surface area contributed by atoms with E-state index in [2.05, 4.69) is 9.26 Å². The van der Waals surface area contributed by atoms with E-state index >= 15 is 0 Å². The van der Waals surface area contributed by atoms with Crippen LogP contribution in [-0.4, -0.2) is 62.6 Å². The predicted molar refractivity (Wildman–Crippen MR) is 44.7 cm³/mol. The molecule has 5 N–H and O–H groups in total. The van der Waals surface area contributed by atoms with E-state index in [4.69, 9.17) is 10.00 Å². The molecule has 1 fully saturated rings. The average molecular weight is 298 g/mol. The van der Waals surface area contributed by atoms with E-state index in [-0.39, 0.29) is 51.4 Å². The molecule has 5 unspecified atom stereocenters. The first kappa shape index (κ1) is 18.5. The zero-order valence-corrected chi connectivity index (χ0v) is 13.0. The molecule has 96 valence electrons. The Bertz CT molecular complexity index is 295. The van der Waals surface area contributed by atoms with Crippen LogP contribution in [0.25, 0.3) is 0 Å². The van der Waals surface area contributed by atoms with Gasteiger partial charge in [0.2, 0.25) is 5.79 Å². The van der Waals surface area contributed by atoms with Crippen molar-refractivity contribution in [1.29, 1.82) is 0 Å². The minimum atomic E-state index is -4.98. The summed E-state index contributed by atoms with van der Waals surface area (Å²) in [4.78, 5) is 18.5. The molecule has 0 aromatic carbocycles. The van der Waals surface area contributed by atoms with Crippen molar-refractivity contribution in [2.75, 3.05) is 13.2 Å². The second-order valence-electron chi connectivity index (χ2n) is 3.36. The first-order chi connectivity index (χ1) is 7.19. The molecule has 0 amide bonds. The summed E-state index contributed by atoms with van der Waals surface area (Å²) in [6.07, 6.45) is -4.85. The summed E-state index contributed by atoms with van der Waals surface area (Å²) in [6, 6.07) is 0. The van der Waals surface area contributed by atoms with Gasteiger partial charge >= 0.3 is 51.4 Å². The van der Waals surface area contributed by atoms with Gasteiger partial charge in [-0.2, -0.15) is 0 Å². The van der Waals surface area contributed by atoms with Crippen LogP contribution in [0, 0.1) is 0 Å². The molecule has 0 aliphatic carbocycles. The standard InChI is InChI=1S/C6H13O9P.K/c7-2-6(10)5(9)4(8)3(15-6)1-14-16(11,12)13;/h3-5,7-10H,1-2H2,(H2,11,12,13);/q;+1/p-1. The maximum absolute atomic E-state index is 10.3. The number of phosphoric acid groups is 1. The molecule has 5 atom stereocenters. The molecule has 0 saturated carbocycles. The number of hydrogen-bond acceptors (Lipinski definition) is 8. The Balaban J connectivity index is 0.00000256. The van der Waals surface area contributed by atoms with Crippen molar-refractivity contribution in [3.8, 4) is 0 Å². The molecule has 0 bridgehead atoms. The van der Waals surface area contributed by atoms with Gasteiger partial charge in [-0.3, -0.25) is 4.57 Å². The average Bonchev–Trinajstić information content (AvgIpc) is 2.40. The van der Waals surface area contributed by atoms with E-state index < -0.39 is 45.1 Å². The van der Waals surface area contributed by atoms with Gasteiger partial charge in [-0.05, 0) is 0 Å². The van der Waals surface area contributed by atoms with Crippen LogP contribution in [-0.2, 0) is 13.8 Å². The molecular weight excluding hydrogens is 286 g/mol. The molecule has 0 aromatic rings. The minimum Gasteiger partial charge on any atom is -0.756 e. The summed E-state index contributed by atoms with van der Waals surface area (Å²) >= 11 is 0. The Morgan fingerprint density at radius 2 is 2.00 bits per heavy atom. The second kappa shape index (κ2) is 6.82. The summed E-state index contributed by atoms with van der Waals surface area (Å²) < 4.78 is 18.8. The van der Waals surface area contributed by atoms with Crippen molar-refractivity contribution < 1.29 is 95.4 Å². The van der Waals surface area contributed by atoms with Crippen molar-refractivity contribution in [3.05, 3.63) is 0 Å². The number of aliphatic hydroxyl groups is 4. The number of rotatable bonds is 4. The number of ether oxygens (including phenoxy) is 1. The van der Waals surface area contributed by atoms with E-state index in [1.165, 1.54) is 0 Å². The van der Waals surface area contributed by atoms with E-state index in [9.17, 15) is 24.8 Å². The van der Waals surface area contributed by atoms with Crippen molar-refractivity contribution in [2.45, 2.75) is 24.1 Å². The van der Waals surface area contributed by atoms with Crippen molar-refractivity contribution in [1.82, 2.24) is 0 Å². The van der Waals surface area contributed by atoms with Crippen LogP contribution in [0.4, 0.5) is 0 Å². The van der Waals surface area contributed by atoms with Gasteiger partial charge in [0.05, 0.1) is 13.2 Å². The third kappa shape index (κ3) is 4.86. The molecule has 1 rings (SSSR count). The van der Waals surface area contributed by atoms with E-state index in [0.29, 0.717) is 0 Å². The molecule has 11 heteroatoms. The number of hydrogen-bond donors (Lipinski definition) is 5. The maximum atomic E-state index is 10.3. The topological polar surface area (TPSA) is 160 Å². The largest absolute Gasteiger partial charge is 1.00 e. The SMILES string of the molecule is O=P([O-])(O)OCC1OC(O)(CO)C(O)C1O.[K+]. The zero-order chi connectivity index (χ0) is 12.6. The number of aliphatic hydroxyl groups excluding tert-OH is 3. The molecule has 9 nitrogen and oxygen atoms in total. The molecule has 1 aliphatic heterocycles. The Morgan fingerprint density at radius 3 is 2.35 bits per heavy atom. The molecule has 0 radical (unpaired) electrons. The van der Waals surface area contributed by atoms with Gasteiger partial charge in [0.25, 0.3) is 7.82 Å². The van der Waals surface area contributed by atoms with Crippen LogP contribution < -0.4 is 56.3 Å². The van der Waals surface area contributed by atoms with Crippen LogP contribution in [0.1, 0.15) is 0 Å². The van der Waals surface area contributed by atoms with Gasteiger partial charge in [-0.15, -0.1) is 0 Å². The van der Waals surface area contributed by atoms with E-state index in [1.807, 2.05) is 0 Å². The van der Waals surface area contributed by atoms with Crippen LogP contribution >= 0.6 is 7.82 Å². The Kier molecular flexibility index (Phi) is 7.44. The third-order valence-corrected chi connectivity index (χ3v) is 2.63. The molecular formula is C6H12KO9P. The summed E-state index contributed by atoms with van der Waals surface area (Å²) in [7, 11) is -4.98. The van der Waals surface area contributed by atoms with Crippen LogP contribution in [0.2, 0.25) is 0 Å².